The summed E-state index contributed by atoms with van der Waals surface area (Å²) < 4.78 is 44.3. The zero-order valence-electron chi connectivity index (χ0n) is 22.3. The van der Waals surface area contributed by atoms with E-state index in [-0.39, 0.29) is 35.4 Å². The third-order valence-electron chi connectivity index (χ3n) is 7.16. The molecule has 0 bridgehead atoms. The van der Waals surface area contributed by atoms with Crippen LogP contribution in [0.1, 0.15) is 66.7 Å². The molecule has 1 aromatic carbocycles. The monoisotopic (exact) mass is 604 g/mol. The van der Waals surface area contributed by atoms with E-state index >= 15 is 0 Å². The van der Waals surface area contributed by atoms with Crippen molar-refractivity contribution >= 4 is 40.7 Å². The lowest BCUT2D eigenvalue weighted by Gasteiger charge is -2.34. The second-order valence-electron chi connectivity index (χ2n) is 9.63. The van der Waals surface area contributed by atoms with Crippen molar-refractivity contribution < 1.29 is 32.3 Å². The largest absolute Gasteiger partial charge is 0.466 e. The number of allylic oxidation sites excluding steroid dienone is 1. The minimum absolute atomic E-state index is 0.0245. The van der Waals surface area contributed by atoms with Crippen LogP contribution in [0.25, 0.3) is 0 Å². The van der Waals surface area contributed by atoms with Crippen LogP contribution in [0.15, 0.2) is 50.7 Å². The summed E-state index contributed by atoms with van der Waals surface area (Å²) in [5, 5.41) is 5.21. The number of benzene rings is 1. The number of nitrogens with one attached hydrogen (secondary N) is 1. The second kappa shape index (κ2) is 12.5. The number of ether oxygens (including phenoxy) is 2. The van der Waals surface area contributed by atoms with Gasteiger partial charge in [-0.25, -0.2) is 23.5 Å². The van der Waals surface area contributed by atoms with Gasteiger partial charge < -0.3 is 19.2 Å². The average Bonchev–Trinajstić information content (AvgIpc) is 3.68. The first kappa shape index (κ1) is 28.9. The van der Waals surface area contributed by atoms with Crippen LogP contribution in [0.5, 0.6) is 0 Å². The third kappa shape index (κ3) is 6.03. The first-order valence-corrected chi connectivity index (χ1v) is 14.4. The van der Waals surface area contributed by atoms with Crippen molar-refractivity contribution in [3.8, 4) is 0 Å². The number of halogens is 3. The molecule has 2 aromatic heterocycles. The van der Waals surface area contributed by atoms with E-state index in [4.69, 9.17) is 25.5 Å². The molecule has 0 spiro atoms. The zero-order valence-corrected chi connectivity index (χ0v) is 23.9. The molecule has 216 valence electrons. The Balaban J connectivity index is 1.45. The summed E-state index contributed by atoms with van der Waals surface area (Å²) in [5.41, 5.74) is 1.41. The Bertz CT molecular complexity index is 1500. The lowest BCUT2D eigenvalue weighted by atomic mass is 9.78. The van der Waals surface area contributed by atoms with Crippen LogP contribution in [0.4, 0.5) is 8.78 Å². The van der Waals surface area contributed by atoms with E-state index in [0.29, 0.717) is 60.4 Å². The molecular weight excluding hydrogens is 578 g/mol. The molecule has 1 unspecified atom stereocenters. The highest BCUT2D eigenvalue weighted by Crippen LogP contribution is 2.44. The fraction of sp³-hybridized carbons (Fsp3) is 0.393. The highest BCUT2D eigenvalue weighted by atomic mass is 35.5. The summed E-state index contributed by atoms with van der Waals surface area (Å²) in [6.45, 7) is 2.04. The molecule has 3 heterocycles. The fourth-order valence-electron chi connectivity index (χ4n) is 5.23. The second-order valence-corrected chi connectivity index (χ2v) is 10.9. The van der Waals surface area contributed by atoms with Gasteiger partial charge in [-0.1, -0.05) is 17.7 Å². The summed E-state index contributed by atoms with van der Waals surface area (Å²) in [4.78, 5) is 38.5. The lowest BCUT2D eigenvalue weighted by molar-refractivity contribution is -0.142. The Labute approximate surface area is 243 Å². The van der Waals surface area contributed by atoms with Crippen molar-refractivity contribution in [2.45, 2.75) is 51.0 Å². The number of amidine groups is 1. The molecule has 41 heavy (non-hydrogen) atoms. The van der Waals surface area contributed by atoms with Crippen LogP contribution >= 0.6 is 22.9 Å². The molecule has 2 aliphatic rings. The average molecular weight is 605 g/mol. The number of methoxy groups -OCH3 is 1. The highest BCUT2D eigenvalue weighted by Gasteiger charge is 2.39. The van der Waals surface area contributed by atoms with E-state index in [1.54, 1.807) is 18.5 Å². The van der Waals surface area contributed by atoms with Crippen molar-refractivity contribution in [2.75, 3.05) is 13.7 Å². The summed E-state index contributed by atoms with van der Waals surface area (Å²) in [6, 6.07) is 1.24. The number of aliphatic imine (C=N–C) groups is 1. The van der Waals surface area contributed by atoms with E-state index in [0.717, 1.165) is 6.07 Å². The van der Waals surface area contributed by atoms with Crippen molar-refractivity contribution in [3.63, 3.8) is 0 Å². The summed E-state index contributed by atoms with van der Waals surface area (Å²) in [5.74, 6) is -2.48. The van der Waals surface area contributed by atoms with Crippen LogP contribution in [0, 0.1) is 17.6 Å². The number of aromatic nitrogens is 2. The zero-order chi connectivity index (χ0) is 29.1. The van der Waals surface area contributed by atoms with E-state index < -0.39 is 28.7 Å². The van der Waals surface area contributed by atoms with Gasteiger partial charge in [0.15, 0.2) is 28.4 Å². The van der Waals surface area contributed by atoms with Crippen molar-refractivity contribution in [3.05, 3.63) is 80.1 Å². The molecule has 1 saturated carbocycles. The predicted molar refractivity (Wildman–Crippen MR) is 146 cm³/mol. The molecule has 1 N–H and O–H groups in total. The molecule has 1 aliphatic carbocycles. The minimum Gasteiger partial charge on any atom is -0.466 e. The summed E-state index contributed by atoms with van der Waals surface area (Å²) >= 11 is 7.59. The Kier molecular flexibility index (Phi) is 8.79. The van der Waals surface area contributed by atoms with Gasteiger partial charge >= 0.3 is 11.9 Å². The van der Waals surface area contributed by atoms with E-state index in [1.165, 1.54) is 30.8 Å². The highest BCUT2D eigenvalue weighted by molar-refractivity contribution is 7.11. The van der Waals surface area contributed by atoms with Crippen LogP contribution in [0.3, 0.4) is 0 Å². The third-order valence-corrected chi connectivity index (χ3v) is 8.32. The Morgan fingerprint density at radius 3 is 2.63 bits per heavy atom. The number of carbonyl (C=O) groups excluding carboxylic acids is 2. The molecule has 0 saturated heterocycles. The maximum absolute atomic E-state index is 14.5. The Morgan fingerprint density at radius 1 is 1.20 bits per heavy atom. The number of carbonyl (C=O) groups is 2. The Hall–Kier alpha value is -3.64. The molecular formula is C28H27ClF2N4O5S. The van der Waals surface area contributed by atoms with E-state index in [2.05, 4.69) is 20.3 Å². The van der Waals surface area contributed by atoms with Crippen LogP contribution in [-0.2, 0) is 25.5 Å². The molecule has 1 atom stereocenters. The maximum Gasteiger partial charge on any atom is 0.338 e. The van der Waals surface area contributed by atoms with E-state index in [1.807, 2.05) is 0 Å². The first-order chi connectivity index (χ1) is 19.8. The summed E-state index contributed by atoms with van der Waals surface area (Å²) in [7, 11) is 1.25. The van der Waals surface area contributed by atoms with Gasteiger partial charge in [-0.3, -0.25) is 9.79 Å². The van der Waals surface area contributed by atoms with Crippen molar-refractivity contribution in [1.29, 1.82) is 0 Å². The molecule has 13 heteroatoms. The minimum atomic E-state index is -1.21. The van der Waals surface area contributed by atoms with Gasteiger partial charge in [-0.05, 0) is 44.6 Å². The normalized spacial score (nSPS) is 20.8. The van der Waals surface area contributed by atoms with E-state index in [9.17, 15) is 18.4 Å². The molecule has 1 fully saturated rings. The fourth-order valence-corrected chi connectivity index (χ4v) is 6.07. The van der Waals surface area contributed by atoms with Crippen molar-refractivity contribution in [2.24, 2.45) is 10.9 Å². The molecule has 0 amide bonds. The molecule has 9 nitrogen and oxygen atoms in total. The summed E-state index contributed by atoms with van der Waals surface area (Å²) in [6.07, 6.45) is 5.86. The van der Waals surface area contributed by atoms with Crippen molar-refractivity contribution in [1.82, 2.24) is 15.3 Å². The number of hydrogen-bond acceptors (Lipinski definition) is 10. The van der Waals surface area contributed by atoms with Crippen LogP contribution in [-0.4, -0.2) is 41.5 Å². The molecule has 1 aliphatic heterocycles. The molecule has 5 rings (SSSR count). The topological polar surface area (TPSA) is 116 Å². The van der Waals surface area contributed by atoms with Crippen LogP contribution in [0.2, 0.25) is 5.02 Å². The smallest absolute Gasteiger partial charge is 0.338 e. The molecule has 0 radical (unpaired) electrons. The first-order valence-electron chi connectivity index (χ1n) is 13.1. The predicted octanol–water partition coefficient (Wildman–Crippen LogP) is 5.66. The molecule has 3 aromatic rings. The van der Waals surface area contributed by atoms with Gasteiger partial charge in [0.1, 0.15) is 12.3 Å². The number of esters is 2. The number of rotatable bonds is 8. The van der Waals surface area contributed by atoms with Gasteiger partial charge in [0, 0.05) is 28.8 Å². The lowest BCUT2D eigenvalue weighted by Crippen LogP contribution is -2.37. The number of nitrogens with zero attached hydrogens (tertiary/aromatic N) is 3. The number of oxazole rings is 1. The quantitative estimate of drug-likeness (QED) is 0.259. The van der Waals surface area contributed by atoms with Crippen LogP contribution < -0.4 is 5.32 Å². The number of thiazole rings is 1. The Morgan fingerprint density at radius 2 is 1.95 bits per heavy atom. The SMILES string of the molecule is CCOC(=O)Cc1coc([C@H]2CC[C@H](C3=C(C(=O)OC)C(c4ccc(F)c(F)c4Cl)N=C(c4nccs4)N3)CC2)n1. The maximum atomic E-state index is 14.5. The van der Waals surface area contributed by atoms with Gasteiger partial charge in [-0.2, -0.15) is 0 Å². The van der Waals surface area contributed by atoms with Gasteiger partial charge in [-0.15, -0.1) is 11.3 Å². The van der Waals surface area contributed by atoms with Gasteiger partial charge in [0.2, 0.25) is 0 Å². The van der Waals surface area contributed by atoms with Gasteiger partial charge in [0.05, 0.1) is 36.4 Å². The standard InChI is InChI=1S/C28H27ClF2N4O5S/c1-3-39-19(36)12-16-13-40-26(33-16)15-6-4-14(5-7-15)23-20(28(37)38-2)24(17-8-9-18(30)22(31)21(17)29)35-25(34-23)27-32-10-11-41-27/h8-11,13-15,24H,3-7,12H2,1-2H3,(H,34,35)/t14-,15-,24?. The van der Waals surface area contributed by atoms with Gasteiger partial charge in [0.25, 0.3) is 0 Å². The number of hydrogen-bond donors (Lipinski definition) is 1.